The van der Waals surface area contributed by atoms with Crippen molar-refractivity contribution < 1.29 is 19.1 Å². The highest BCUT2D eigenvalue weighted by atomic mass is 16.6. The molecule has 2 aromatic carbocycles. The molecule has 0 fully saturated rings. The number of rotatable bonds is 10. The van der Waals surface area contributed by atoms with Crippen LogP contribution < -0.4 is 10.1 Å². The molecule has 0 unspecified atom stereocenters. The summed E-state index contributed by atoms with van der Waals surface area (Å²) in [6.07, 6.45) is 7.70. The summed E-state index contributed by atoms with van der Waals surface area (Å²) in [4.78, 5) is 24.4. The zero-order chi connectivity index (χ0) is 21.9. The fourth-order valence-corrected chi connectivity index (χ4v) is 3.65. The van der Waals surface area contributed by atoms with E-state index >= 15 is 0 Å². The number of carbonyl (C=O) groups excluding carboxylic acids is 2. The molecule has 0 saturated carbocycles. The molecule has 0 heterocycles. The molecule has 1 aliphatic carbocycles. The molecule has 5 heteroatoms. The third-order valence-corrected chi connectivity index (χ3v) is 5.36. The monoisotopic (exact) mass is 421 g/mol. The summed E-state index contributed by atoms with van der Waals surface area (Å²) >= 11 is 0. The van der Waals surface area contributed by atoms with Gasteiger partial charge in [0.2, 0.25) is 0 Å². The maximum Gasteiger partial charge on any atom is 0.344 e. The Balaban J connectivity index is 1.42. The average Bonchev–Trinajstić information content (AvgIpc) is 2.80. The van der Waals surface area contributed by atoms with E-state index in [1.165, 1.54) is 18.4 Å². The van der Waals surface area contributed by atoms with Crippen molar-refractivity contribution in [1.29, 1.82) is 0 Å². The molecule has 0 bridgehead atoms. The van der Waals surface area contributed by atoms with E-state index in [4.69, 9.17) is 9.47 Å². The maximum absolute atomic E-state index is 12.2. The van der Waals surface area contributed by atoms with Gasteiger partial charge in [-0.25, -0.2) is 4.79 Å². The molecule has 31 heavy (non-hydrogen) atoms. The van der Waals surface area contributed by atoms with Crippen molar-refractivity contribution in [2.24, 2.45) is 0 Å². The van der Waals surface area contributed by atoms with E-state index < -0.39 is 12.1 Å². The fourth-order valence-electron chi connectivity index (χ4n) is 3.65. The van der Waals surface area contributed by atoms with E-state index in [1.54, 1.807) is 6.92 Å². The quantitative estimate of drug-likeness (QED) is 0.450. The molecular formula is C26H31NO4. The minimum atomic E-state index is -0.851. The Kier molecular flexibility index (Phi) is 8.71. The Hall–Kier alpha value is -3.08. The second-order valence-electron chi connectivity index (χ2n) is 7.84. The van der Waals surface area contributed by atoms with Gasteiger partial charge in [0.25, 0.3) is 5.91 Å². The molecule has 0 saturated heterocycles. The van der Waals surface area contributed by atoms with Gasteiger partial charge in [0.15, 0.2) is 12.7 Å². The smallest absolute Gasteiger partial charge is 0.344 e. The topological polar surface area (TPSA) is 64.6 Å². The molecule has 1 amide bonds. The number of allylic oxidation sites excluding steroid dienone is 1. The summed E-state index contributed by atoms with van der Waals surface area (Å²) in [5, 5.41) is 2.85. The number of nitrogens with one attached hydrogen (secondary N) is 1. The number of hydrogen-bond donors (Lipinski definition) is 1. The van der Waals surface area contributed by atoms with Crippen LogP contribution in [-0.2, 0) is 20.7 Å². The molecule has 0 radical (unpaired) electrons. The zero-order valence-corrected chi connectivity index (χ0v) is 18.1. The van der Waals surface area contributed by atoms with Crippen LogP contribution in [0.2, 0.25) is 0 Å². The number of esters is 1. The Labute approximate surface area is 184 Å². The number of ether oxygens (including phenoxy) is 2. The third kappa shape index (κ3) is 7.59. The molecule has 2 aromatic rings. The van der Waals surface area contributed by atoms with Crippen molar-refractivity contribution in [3.63, 3.8) is 0 Å². The normalized spacial score (nSPS) is 14.3. The maximum atomic E-state index is 12.2. The number of amides is 1. The second kappa shape index (κ2) is 11.9. The van der Waals surface area contributed by atoms with Crippen molar-refractivity contribution in [3.05, 3.63) is 77.4 Å². The highest BCUT2D eigenvalue weighted by Gasteiger charge is 2.18. The van der Waals surface area contributed by atoms with E-state index in [0.29, 0.717) is 18.7 Å². The van der Waals surface area contributed by atoms with Crippen LogP contribution in [0.4, 0.5) is 0 Å². The van der Waals surface area contributed by atoms with E-state index in [-0.39, 0.29) is 12.5 Å². The molecule has 1 atom stereocenters. The Morgan fingerprint density at radius 2 is 1.81 bits per heavy atom. The van der Waals surface area contributed by atoms with Gasteiger partial charge in [-0.15, -0.1) is 0 Å². The first-order valence-electron chi connectivity index (χ1n) is 11.0. The van der Waals surface area contributed by atoms with E-state index in [9.17, 15) is 9.59 Å². The van der Waals surface area contributed by atoms with Gasteiger partial charge in [-0.1, -0.05) is 60.2 Å². The molecule has 3 rings (SSSR count). The van der Waals surface area contributed by atoms with Crippen LogP contribution in [0.25, 0.3) is 0 Å². The molecule has 5 nitrogen and oxygen atoms in total. The van der Waals surface area contributed by atoms with E-state index in [0.717, 1.165) is 30.4 Å². The van der Waals surface area contributed by atoms with Gasteiger partial charge in [0, 0.05) is 13.0 Å². The summed E-state index contributed by atoms with van der Waals surface area (Å²) in [5.74, 6) is -0.206. The highest BCUT2D eigenvalue weighted by molar-refractivity contribution is 5.83. The number of benzene rings is 2. The molecule has 1 aliphatic rings. The number of hydrogen-bond acceptors (Lipinski definition) is 4. The van der Waals surface area contributed by atoms with Gasteiger partial charge in [-0.2, -0.15) is 0 Å². The lowest BCUT2D eigenvalue weighted by Crippen LogP contribution is -2.37. The van der Waals surface area contributed by atoms with E-state index in [1.807, 2.05) is 42.5 Å². The standard InChI is InChI=1S/C26H31NO4/c1-20(26(29)27-17-16-21-10-4-2-5-11-21)31-25(28)19-30-24-15-9-8-14-23(24)18-22-12-6-3-7-13-22/h3,6-10,12-15,20H,2,4-5,11,16-19H2,1H3,(H,27,29)/t20-/m1/s1. The lowest BCUT2D eigenvalue weighted by atomic mass is 9.97. The summed E-state index contributed by atoms with van der Waals surface area (Å²) in [6.45, 7) is 1.91. The van der Waals surface area contributed by atoms with Crippen molar-refractivity contribution >= 4 is 11.9 Å². The first kappa shape index (κ1) is 22.6. The highest BCUT2D eigenvalue weighted by Crippen LogP contribution is 2.22. The molecule has 164 valence electrons. The Morgan fingerprint density at radius 3 is 2.58 bits per heavy atom. The Morgan fingerprint density at radius 1 is 1.03 bits per heavy atom. The van der Waals surface area contributed by atoms with Gasteiger partial charge >= 0.3 is 5.97 Å². The predicted octanol–water partition coefficient (Wildman–Crippen LogP) is 4.59. The van der Waals surface area contributed by atoms with Crippen LogP contribution in [0.3, 0.4) is 0 Å². The average molecular weight is 422 g/mol. The van der Waals surface area contributed by atoms with Crippen LogP contribution in [0.15, 0.2) is 66.2 Å². The predicted molar refractivity (Wildman–Crippen MR) is 121 cm³/mol. The lowest BCUT2D eigenvalue weighted by molar-refractivity contribution is -0.156. The second-order valence-corrected chi connectivity index (χ2v) is 7.84. The number of para-hydroxylation sites is 1. The fraction of sp³-hybridized carbons (Fsp3) is 0.385. The Bertz CT molecular complexity index is 891. The number of carbonyl (C=O) groups is 2. The first-order chi connectivity index (χ1) is 15.1. The van der Waals surface area contributed by atoms with Crippen molar-refractivity contribution in [2.45, 2.75) is 51.6 Å². The summed E-state index contributed by atoms with van der Waals surface area (Å²) < 4.78 is 10.9. The summed E-state index contributed by atoms with van der Waals surface area (Å²) in [7, 11) is 0. The van der Waals surface area contributed by atoms with Crippen molar-refractivity contribution in [3.8, 4) is 5.75 Å². The lowest BCUT2D eigenvalue weighted by Gasteiger charge is -2.16. The van der Waals surface area contributed by atoms with E-state index in [2.05, 4.69) is 23.5 Å². The molecule has 0 spiro atoms. The van der Waals surface area contributed by atoms with Gasteiger partial charge in [0.05, 0.1) is 0 Å². The van der Waals surface area contributed by atoms with Crippen LogP contribution in [0.5, 0.6) is 5.75 Å². The van der Waals surface area contributed by atoms with Gasteiger partial charge in [-0.3, -0.25) is 4.79 Å². The van der Waals surface area contributed by atoms with Crippen LogP contribution in [0, 0.1) is 0 Å². The largest absolute Gasteiger partial charge is 0.482 e. The molecule has 0 aliphatic heterocycles. The van der Waals surface area contributed by atoms with Gasteiger partial charge < -0.3 is 14.8 Å². The summed E-state index contributed by atoms with van der Waals surface area (Å²) in [6, 6.07) is 17.7. The summed E-state index contributed by atoms with van der Waals surface area (Å²) in [5.41, 5.74) is 3.55. The van der Waals surface area contributed by atoms with Gasteiger partial charge in [0.1, 0.15) is 5.75 Å². The minimum absolute atomic E-state index is 0.240. The first-order valence-corrected chi connectivity index (χ1v) is 11.0. The van der Waals surface area contributed by atoms with Crippen LogP contribution in [-0.4, -0.2) is 31.1 Å². The SMILES string of the molecule is C[C@@H](OC(=O)COc1ccccc1Cc1ccccc1)C(=O)NCCC1=CCCCC1. The van der Waals surface area contributed by atoms with Crippen LogP contribution in [0.1, 0.15) is 50.2 Å². The zero-order valence-electron chi connectivity index (χ0n) is 18.1. The van der Waals surface area contributed by atoms with Crippen molar-refractivity contribution in [1.82, 2.24) is 5.32 Å². The van der Waals surface area contributed by atoms with Gasteiger partial charge in [-0.05, 0) is 56.2 Å². The molecule has 0 aromatic heterocycles. The minimum Gasteiger partial charge on any atom is -0.482 e. The van der Waals surface area contributed by atoms with Crippen molar-refractivity contribution in [2.75, 3.05) is 13.2 Å². The third-order valence-electron chi connectivity index (χ3n) is 5.36. The molecular weight excluding hydrogens is 390 g/mol. The van der Waals surface area contributed by atoms with Crippen LogP contribution >= 0.6 is 0 Å². The molecule has 1 N–H and O–H groups in total.